The molecular formula is C13H15ClN6O2. The van der Waals surface area contributed by atoms with Gasteiger partial charge in [0.05, 0.1) is 18.1 Å². The molecule has 22 heavy (non-hydrogen) atoms. The molecule has 2 aromatic rings. The van der Waals surface area contributed by atoms with E-state index in [0.29, 0.717) is 5.69 Å². The molecule has 0 aliphatic heterocycles. The molecule has 0 spiro atoms. The summed E-state index contributed by atoms with van der Waals surface area (Å²) in [7, 11) is 0. The van der Waals surface area contributed by atoms with Gasteiger partial charge in [-0.2, -0.15) is 4.98 Å². The standard InChI is InChI=1S/C13H15ClN6O2/c1-8-3-2-4-10(20(16)13(21)19-15)9(8)7-22-12-6-17-5-11(14)18-12/h2-6H,7,15-16H2,1H3,(H,19,21). The van der Waals surface area contributed by atoms with Gasteiger partial charge in [-0.3, -0.25) is 10.4 Å². The monoisotopic (exact) mass is 322 g/mol. The van der Waals surface area contributed by atoms with Crippen LogP contribution in [0, 0.1) is 6.92 Å². The molecule has 9 heteroatoms. The number of hydrazine groups is 2. The molecule has 1 aromatic heterocycles. The van der Waals surface area contributed by atoms with Crippen LogP contribution >= 0.6 is 11.6 Å². The molecule has 5 N–H and O–H groups in total. The van der Waals surface area contributed by atoms with Crippen molar-refractivity contribution in [3.05, 3.63) is 46.9 Å². The number of hydrogen-bond donors (Lipinski definition) is 3. The van der Waals surface area contributed by atoms with Crippen LogP contribution in [0.4, 0.5) is 10.5 Å². The predicted molar refractivity (Wildman–Crippen MR) is 81.9 cm³/mol. The zero-order valence-electron chi connectivity index (χ0n) is 11.8. The summed E-state index contributed by atoms with van der Waals surface area (Å²) in [6, 6.07) is 4.69. The lowest BCUT2D eigenvalue weighted by Gasteiger charge is -2.20. The molecule has 8 nitrogen and oxygen atoms in total. The average molecular weight is 323 g/mol. The van der Waals surface area contributed by atoms with Gasteiger partial charge in [0.2, 0.25) is 5.88 Å². The molecule has 116 valence electrons. The minimum absolute atomic E-state index is 0.141. The van der Waals surface area contributed by atoms with E-state index in [1.807, 2.05) is 18.4 Å². The molecule has 2 rings (SSSR count). The zero-order valence-corrected chi connectivity index (χ0v) is 12.5. The second-order valence-electron chi connectivity index (χ2n) is 4.36. The number of nitrogens with two attached hydrogens (primary N) is 2. The first-order valence-electron chi connectivity index (χ1n) is 6.27. The summed E-state index contributed by atoms with van der Waals surface area (Å²) in [6.07, 6.45) is 2.84. The maximum atomic E-state index is 11.6. The highest BCUT2D eigenvalue weighted by molar-refractivity contribution is 6.29. The fraction of sp³-hybridized carbons (Fsp3) is 0.154. The number of aryl methyl sites for hydroxylation is 1. The number of benzene rings is 1. The van der Waals surface area contributed by atoms with Gasteiger partial charge in [0.25, 0.3) is 0 Å². The van der Waals surface area contributed by atoms with Crippen LogP contribution in [0.5, 0.6) is 5.88 Å². The number of aromatic nitrogens is 2. The van der Waals surface area contributed by atoms with Crippen molar-refractivity contribution < 1.29 is 9.53 Å². The number of ether oxygens (including phenoxy) is 1. The lowest BCUT2D eigenvalue weighted by atomic mass is 10.1. The second-order valence-corrected chi connectivity index (χ2v) is 4.75. The van der Waals surface area contributed by atoms with Crippen molar-refractivity contribution in [2.45, 2.75) is 13.5 Å². The molecule has 0 aliphatic carbocycles. The molecule has 0 atom stereocenters. The van der Waals surface area contributed by atoms with Crippen LogP contribution in [-0.4, -0.2) is 16.0 Å². The van der Waals surface area contributed by atoms with E-state index >= 15 is 0 Å². The van der Waals surface area contributed by atoms with Crippen molar-refractivity contribution in [3.8, 4) is 5.88 Å². The largest absolute Gasteiger partial charge is 0.472 e. The van der Waals surface area contributed by atoms with E-state index in [4.69, 9.17) is 28.0 Å². The van der Waals surface area contributed by atoms with Gasteiger partial charge in [-0.05, 0) is 18.6 Å². The number of amides is 2. The normalized spacial score (nSPS) is 10.2. The van der Waals surface area contributed by atoms with Crippen molar-refractivity contribution in [3.63, 3.8) is 0 Å². The Hall–Kier alpha value is -2.42. The van der Waals surface area contributed by atoms with Gasteiger partial charge in [0.15, 0.2) is 5.15 Å². The van der Waals surface area contributed by atoms with Crippen LogP contribution < -0.4 is 26.9 Å². The lowest BCUT2D eigenvalue weighted by Crippen LogP contribution is -2.48. The van der Waals surface area contributed by atoms with E-state index in [1.165, 1.54) is 12.4 Å². The van der Waals surface area contributed by atoms with Crippen LogP contribution in [0.3, 0.4) is 0 Å². The Labute approximate surface area is 132 Å². The Morgan fingerprint density at radius 2 is 2.23 bits per heavy atom. The summed E-state index contributed by atoms with van der Waals surface area (Å²) < 4.78 is 5.55. The van der Waals surface area contributed by atoms with E-state index in [9.17, 15) is 4.79 Å². The van der Waals surface area contributed by atoms with E-state index < -0.39 is 6.03 Å². The summed E-state index contributed by atoms with van der Waals surface area (Å²) in [5.41, 5.74) is 4.06. The van der Waals surface area contributed by atoms with Gasteiger partial charge in [-0.1, -0.05) is 23.7 Å². The fourth-order valence-electron chi connectivity index (χ4n) is 1.82. The number of anilines is 1. The highest BCUT2D eigenvalue weighted by atomic mass is 35.5. The molecule has 0 fully saturated rings. The van der Waals surface area contributed by atoms with Crippen molar-refractivity contribution in [1.29, 1.82) is 0 Å². The van der Waals surface area contributed by atoms with E-state index in [-0.39, 0.29) is 17.6 Å². The number of rotatable bonds is 4. The summed E-state index contributed by atoms with van der Waals surface area (Å²) >= 11 is 5.75. The predicted octanol–water partition coefficient (Wildman–Crippen LogP) is 1.28. The number of carbonyl (C=O) groups is 1. The van der Waals surface area contributed by atoms with E-state index in [2.05, 4.69) is 9.97 Å². The Bertz CT molecular complexity index is 681. The van der Waals surface area contributed by atoms with Crippen molar-refractivity contribution >= 4 is 23.3 Å². The number of nitrogens with zero attached hydrogens (tertiary/aromatic N) is 3. The van der Waals surface area contributed by atoms with Crippen LogP contribution in [0.15, 0.2) is 30.6 Å². The van der Waals surface area contributed by atoms with Gasteiger partial charge in [0, 0.05) is 5.56 Å². The van der Waals surface area contributed by atoms with E-state index in [1.54, 1.807) is 12.1 Å². The number of carbonyl (C=O) groups excluding carboxylic acids is 1. The summed E-state index contributed by atoms with van der Waals surface area (Å²) in [6.45, 7) is 2.02. The molecule has 0 radical (unpaired) electrons. The average Bonchev–Trinajstić information content (AvgIpc) is 2.52. The Morgan fingerprint density at radius 1 is 1.45 bits per heavy atom. The van der Waals surface area contributed by atoms with Gasteiger partial charge in [-0.15, -0.1) is 0 Å². The third-order valence-electron chi connectivity index (χ3n) is 2.93. The van der Waals surface area contributed by atoms with Crippen molar-refractivity contribution in [2.24, 2.45) is 11.7 Å². The first-order chi connectivity index (χ1) is 10.5. The summed E-state index contributed by atoms with van der Waals surface area (Å²) in [5.74, 6) is 11.1. The summed E-state index contributed by atoms with van der Waals surface area (Å²) in [4.78, 5) is 19.4. The van der Waals surface area contributed by atoms with Crippen molar-refractivity contribution in [2.75, 3.05) is 5.01 Å². The van der Waals surface area contributed by atoms with Crippen LogP contribution in [0.2, 0.25) is 5.15 Å². The molecule has 0 saturated carbocycles. The number of hydrogen-bond acceptors (Lipinski definition) is 6. The molecule has 0 bridgehead atoms. The SMILES string of the molecule is Cc1cccc(N(N)C(=O)NN)c1COc1cncc(Cl)n1. The minimum atomic E-state index is -0.644. The quantitative estimate of drug-likeness (QED) is 0.443. The third kappa shape index (κ3) is 3.61. The lowest BCUT2D eigenvalue weighted by molar-refractivity contribution is 0.246. The molecular weight excluding hydrogens is 308 g/mol. The molecule has 0 saturated heterocycles. The molecule has 1 aromatic carbocycles. The summed E-state index contributed by atoms with van der Waals surface area (Å²) in [5, 5.41) is 1.14. The maximum absolute atomic E-state index is 11.6. The Morgan fingerprint density at radius 3 is 2.91 bits per heavy atom. The second kappa shape index (κ2) is 7.03. The number of nitrogens with one attached hydrogen (secondary N) is 1. The first-order valence-corrected chi connectivity index (χ1v) is 6.65. The smallest absolute Gasteiger partial charge is 0.350 e. The Kier molecular flexibility index (Phi) is 5.10. The third-order valence-corrected chi connectivity index (χ3v) is 3.12. The van der Waals surface area contributed by atoms with Crippen LogP contribution in [-0.2, 0) is 6.61 Å². The fourth-order valence-corrected chi connectivity index (χ4v) is 1.96. The van der Waals surface area contributed by atoms with Crippen molar-refractivity contribution in [1.82, 2.24) is 15.4 Å². The number of halogens is 1. The molecule has 0 aliphatic rings. The highest BCUT2D eigenvalue weighted by Gasteiger charge is 2.16. The molecule has 0 unspecified atom stereocenters. The minimum Gasteiger partial charge on any atom is -0.472 e. The van der Waals surface area contributed by atoms with Crippen LogP contribution in [0.1, 0.15) is 11.1 Å². The topological polar surface area (TPSA) is 119 Å². The van der Waals surface area contributed by atoms with Gasteiger partial charge in [-0.25, -0.2) is 21.5 Å². The first kappa shape index (κ1) is 16.0. The zero-order chi connectivity index (χ0) is 16.1. The molecule has 1 heterocycles. The van der Waals surface area contributed by atoms with Gasteiger partial charge < -0.3 is 4.74 Å². The van der Waals surface area contributed by atoms with E-state index in [0.717, 1.165) is 16.1 Å². The maximum Gasteiger partial charge on any atom is 0.350 e. The van der Waals surface area contributed by atoms with Gasteiger partial charge in [0.1, 0.15) is 6.61 Å². The van der Waals surface area contributed by atoms with Gasteiger partial charge >= 0.3 is 6.03 Å². The molecule has 2 amide bonds. The van der Waals surface area contributed by atoms with Crippen LogP contribution in [0.25, 0.3) is 0 Å². The highest BCUT2D eigenvalue weighted by Crippen LogP contribution is 2.23. The Balaban J connectivity index is 2.24. The number of urea groups is 1.